The minimum atomic E-state index is -0.324. The Morgan fingerprint density at radius 1 is 1.21 bits per heavy atom. The molecule has 1 unspecified atom stereocenters. The first-order valence-electron chi connectivity index (χ1n) is 9.25. The molecule has 0 spiro atoms. The van der Waals surface area contributed by atoms with E-state index in [4.69, 9.17) is 10.1 Å². The minimum Gasteiger partial charge on any atom is -0.306 e. The topological polar surface area (TPSA) is 68.5 Å². The maximum absolute atomic E-state index is 13.8. The van der Waals surface area contributed by atoms with Gasteiger partial charge in [0.25, 0.3) is 0 Å². The van der Waals surface area contributed by atoms with E-state index in [1.54, 1.807) is 22.4 Å². The van der Waals surface area contributed by atoms with Gasteiger partial charge in [0.1, 0.15) is 5.82 Å². The van der Waals surface area contributed by atoms with Crippen LogP contribution in [0.1, 0.15) is 32.0 Å². The molecule has 28 heavy (non-hydrogen) atoms. The van der Waals surface area contributed by atoms with Crippen molar-refractivity contribution < 1.29 is 4.39 Å². The van der Waals surface area contributed by atoms with E-state index in [0.29, 0.717) is 17.4 Å². The molecular formula is C21H20FN5O. The fourth-order valence-electron chi connectivity index (χ4n) is 3.73. The highest BCUT2D eigenvalue weighted by Crippen LogP contribution is 2.57. The zero-order valence-corrected chi connectivity index (χ0v) is 15.9. The van der Waals surface area contributed by atoms with E-state index in [-0.39, 0.29) is 16.9 Å². The van der Waals surface area contributed by atoms with Crippen LogP contribution in [0.3, 0.4) is 0 Å². The Morgan fingerprint density at radius 2 is 2.00 bits per heavy atom. The first-order chi connectivity index (χ1) is 13.3. The second-order valence-electron chi connectivity index (χ2n) is 8.15. The lowest BCUT2D eigenvalue weighted by atomic mass is 10.1. The average molecular weight is 377 g/mol. The number of H-pyrrole nitrogens is 1. The van der Waals surface area contributed by atoms with Crippen LogP contribution >= 0.6 is 0 Å². The van der Waals surface area contributed by atoms with Gasteiger partial charge >= 0.3 is 5.69 Å². The summed E-state index contributed by atoms with van der Waals surface area (Å²) >= 11 is 0. The number of hydrogen-bond acceptors (Lipinski definition) is 3. The van der Waals surface area contributed by atoms with Gasteiger partial charge in [0.2, 0.25) is 0 Å². The van der Waals surface area contributed by atoms with E-state index >= 15 is 0 Å². The van der Waals surface area contributed by atoms with Crippen LogP contribution in [-0.2, 0) is 7.05 Å². The third kappa shape index (κ3) is 2.58. The molecule has 1 N–H and O–H groups in total. The number of halogens is 1. The van der Waals surface area contributed by atoms with Crippen LogP contribution in [-0.4, -0.2) is 24.3 Å². The molecule has 6 nitrogen and oxygen atoms in total. The smallest absolute Gasteiger partial charge is 0.306 e. The normalized spacial score (nSPS) is 17.9. The number of fused-ring (bicyclic) bond motifs is 1. The standard InChI is InChI=1S/C21H20FN5O/c1-21(2)11-15(21)18-24-19(27(25-18)14-6-4-5-13(22)10-14)12-7-8-17-16(9-12)23-20(28)26(17)3/h4-10,15H,11H2,1-3H3,(H,23,28). The van der Waals surface area contributed by atoms with Gasteiger partial charge in [0.05, 0.1) is 16.7 Å². The zero-order valence-electron chi connectivity index (χ0n) is 15.9. The third-order valence-electron chi connectivity index (χ3n) is 5.66. The molecule has 1 atom stereocenters. The average Bonchev–Trinajstić information content (AvgIpc) is 3.00. The molecule has 0 saturated heterocycles. The number of aryl methyl sites for hydroxylation is 1. The van der Waals surface area contributed by atoms with Crippen molar-refractivity contribution in [3.63, 3.8) is 0 Å². The van der Waals surface area contributed by atoms with Gasteiger partial charge in [-0.05, 0) is 48.2 Å². The summed E-state index contributed by atoms with van der Waals surface area (Å²) in [5.41, 5.74) is 2.99. The molecule has 0 aliphatic heterocycles. The Labute approximate surface area is 160 Å². The second-order valence-corrected chi connectivity index (χ2v) is 8.15. The van der Waals surface area contributed by atoms with Crippen molar-refractivity contribution in [2.75, 3.05) is 0 Å². The zero-order chi connectivity index (χ0) is 19.6. The summed E-state index contributed by atoms with van der Waals surface area (Å²) in [6.45, 7) is 4.39. The number of nitrogens with zero attached hydrogens (tertiary/aromatic N) is 4. The summed E-state index contributed by atoms with van der Waals surface area (Å²) < 4.78 is 17.1. The molecule has 0 bridgehead atoms. The fraction of sp³-hybridized carbons (Fsp3) is 0.286. The highest BCUT2D eigenvalue weighted by molar-refractivity contribution is 5.81. The van der Waals surface area contributed by atoms with Crippen LogP contribution in [0.15, 0.2) is 47.3 Å². The molecule has 142 valence electrons. The number of imidazole rings is 1. The minimum absolute atomic E-state index is 0.167. The van der Waals surface area contributed by atoms with Gasteiger partial charge in [-0.1, -0.05) is 19.9 Å². The van der Waals surface area contributed by atoms with Crippen LogP contribution < -0.4 is 5.69 Å². The van der Waals surface area contributed by atoms with Gasteiger partial charge in [-0.15, -0.1) is 0 Å². The van der Waals surface area contributed by atoms with Gasteiger partial charge in [0, 0.05) is 18.5 Å². The molecule has 1 aliphatic rings. The monoisotopic (exact) mass is 377 g/mol. The Hall–Kier alpha value is -3.22. The number of aromatic amines is 1. The molecule has 7 heteroatoms. The van der Waals surface area contributed by atoms with Crippen molar-refractivity contribution in [2.45, 2.75) is 26.2 Å². The summed E-state index contributed by atoms with van der Waals surface area (Å²) in [5, 5.41) is 4.72. The summed E-state index contributed by atoms with van der Waals surface area (Å²) in [4.78, 5) is 19.6. The van der Waals surface area contributed by atoms with Crippen LogP contribution in [0.25, 0.3) is 28.1 Å². The Balaban J connectivity index is 1.70. The molecule has 2 heterocycles. The lowest BCUT2D eigenvalue weighted by molar-refractivity contribution is 0.606. The maximum Gasteiger partial charge on any atom is 0.326 e. The van der Waals surface area contributed by atoms with Crippen LogP contribution in [0.4, 0.5) is 4.39 Å². The van der Waals surface area contributed by atoms with E-state index in [1.165, 1.54) is 12.1 Å². The second kappa shape index (κ2) is 5.64. The van der Waals surface area contributed by atoms with Crippen molar-refractivity contribution in [3.8, 4) is 17.1 Å². The lowest BCUT2D eigenvalue weighted by Crippen LogP contribution is -2.11. The van der Waals surface area contributed by atoms with E-state index in [2.05, 4.69) is 18.8 Å². The molecule has 1 aliphatic carbocycles. The molecule has 1 saturated carbocycles. The third-order valence-corrected chi connectivity index (χ3v) is 5.66. The molecule has 1 fully saturated rings. The van der Waals surface area contributed by atoms with E-state index in [0.717, 1.165) is 28.8 Å². The summed E-state index contributed by atoms with van der Waals surface area (Å²) in [7, 11) is 1.73. The number of aromatic nitrogens is 5. The van der Waals surface area contributed by atoms with Gasteiger partial charge in [-0.25, -0.2) is 18.9 Å². The van der Waals surface area contributed by atoms with E-state index < -0.39 is 0 Å². The van der Waals surface area contributed by atoms with Gasteiger partial charge in [0.15, 0.2) is 11.6 Å². The molecule has 0 amide bonds. The first-order valence-corrected chi connectivity index (χ1v) is 9.25. The molecule has 5 rings (SSSR count). The molecule has 0 radical (unpaired) electrons. The predicted molar refractivity (Wildman–Crippen MR) is 105 cm³/mol. The first kappa shape index (κ1) is 16.9. The lowest BCUT2D eigenvalue weighted by Gasteiger charge is -2.06. The molecule has 4 aromatic rings. The quantitative estimate of drug-likeness (QED) is 0.591. The van der Waals surface area contributed by atoms with Crippen LogP contribution in [0.5, 0.6) is 0 Å². The molecule has 2 aromatic carbocycles. The fourth-order valence-corrected chi connectivity index (χ4v) is 3.73. The highest BCUT2D eigenvalue weighted by Gasteiger charge is 2.49. The molecule has 2 aromatic heterocycles. The number of nitrogens with one attached hydrogen (secondary N) is 1. The molecular weight excluding hydrogens is 357 g/mol. The number of benzene rings is 2. The van der Waals surface area contributed by atoms with Crippen LogP contribution in [0.2, 0.25) is 0 Å². The van der Waals surface area contributed by atoms with Gasteiger partial charge in [-0.2, -0.15) is 5.10 Å². The van der Waals surface area contributed by atoms with Crippen molar-refractivity contribution in [3.05, 3.63) is 64.6 Å². The summed E-state index contributed by atoms with van der Waals surface area (Å²) in [6.07, 6.45) is 1.03. The number of rotatable bonds is 3. The number of hydrogen-bond donors (Lipinski definition) is 1. The van der Waals surface area contributed by atoms with Crippen molar-refractivity contribution in [1.82, 2.24) is 24.3 Å². The Kier molecular flexibility index (Phi) is 3.41. The Bertz CT molecular complexity index is 1280. The van der Waals surface area contributed by atoms with E-state index in [1.807, 2.05) is 24.3 Å². The summed E-state index contributed by atoms with van der Waals surface area (Å²) in [5.74, 6) is 1.37. The van der Waals surface area contributed by atoms with Crippen molar-refractivity contribution >= 4 is 11.0 Å². The largest absolute Gasteiger partial charge is 0.326 e. The van der Waals surface area contributed by atoms with Gasteiger partial charge in [-0.3, -0.25) is 4.57 Å². The maximum atomic E-state index is 13.8. The van der Waals surface area contributed by atoms with Crippen LogP contribution in [0, 0.1) is 11.2 Å². The summed E-state index contributed by atoms with van der Waals surface area (Å²) in [6, 6.07) is 12.0. The highest BCUT2D eigenvalue weighted by atomic mass is 19.1. The van der Waals surface area contributed by atoms with Crippen molar-refractivity contribution in [2.24, 2.45) is 12.5 Å². The Morgan fingerprint density at radius 3 is 2.71 bits per heavy atom. The van der Waals surface area contributed by atoms with Crippen molar-refractivity contribution in [1.29, 1.82) is 0 Å². The SMILES string of the molecule is Cn1c(=O)[nH]c2cc(-c3nc(C4CC4(C)C)nn3-c3cccc(F)c3)ccc21. The predicted octanol–water partition coefficient (Wildman–Crippen LogP) is 3.77. The van der Waals surface area contributed by atoms with Gasteiger partial charge < -0.3 is 4.98 Å². The van der Waals surface area contributed by atoms with E-state index in [9.17, 15) is 9.18 Å².